The number of likely N-dealkylation sites (tertiary alicyclic amines) is 1. The fraction of sp³-hybridized carbons (Fsp3) is 0.368. The van der Waals surface area contributed by atoms with Gasteiger partial charge in [-0.25, -0.2) is 9.97 Å². The summed E-state index contributed by atoms with van der Waals surface area (Å²) >= 11 is 0. The topological polar surface area (TPSA) is 34.0 Å². The summed E-state index contributed by atoms with van der Waals surface area (Å²) in [5.41, 5.74) is 3.28. The number of benzene rings is 1. The highest BCUT2D eigenvalue weighted by Crippen LogP contribution is 2.22. The van der Waals surface area contributed by atoms with E-state index in [0.717, 1.165) is 30.0 Å². The molecule has 1 fully saturated rings. The summed E-state index contributed by atoms with van der Waals surface area (Å²) in [5.74, 6) is 1.15. The van der Waals surface area contributed by atoms with E-state index in [-0.39, 0.29) is 0 Å². The number of fused-ring (bicyclic) bond motifs is 1. The summed E-state index contributed by atoms with van der Waals surface area (Å²) in [4.78, 5) is 11.9. The lowest BCUT2D eigenvalue weighted by Gasteiger charge is -2.19. The zero-order chi connectivity index (χ0) is 15.6. The summed E-state index contributed by atoms with van der Waals surface area (Å²) in [5, 5.41) is 0. The van der Waals surface area contributed by atoms with Gasteiger partial charge in [0.05, 0.1) is 6.54 Å². The van der Waals surface area contributed by atoms with Crippen molar-refractivity contribution in [3.05, 3.63) is 60.0 Å². The maximum atomic E-state index is 4.88. The quantitative estimate of drug-likeness (QED) is 0.742. The van der Waals surface area contributed by atoms with Gasteiger partial charge >= 0.3 is 0 Å². The third kappa shape index (κ3) is 2.86. The zero-order valence-corrected chi connectivity index (χ0v) is 13.5. The Morgan fingerprint density at radius 1 is 1.13 bits per heavy atom. The first-order valence-corrected chi connectivity index (χ1v) is 8.35. The fourth-order valence-corrected chi connectivity index (χ4v) is 3.54. The molecule has 1 aromatic carbocycles. The van der Waals surface area contributed by atoms with Crippen LogP contribution in [0.4, 0.5) is 0 Å². The van der Waals surface area contributed by atoms with Crippen molar-refractivity contribution < 1.29 is 0 Å². The molecular formula is C19H22N4. The molecule has 1 atom stereocenters. The van der Waals surface area contributed by atoms with E-state index in [2.05, 4.69) is 57.9 Å². The standard InChI is InChI=1S/C19H22N4/c1-22-12-6-9-16(22)13-18-21-17-10-5-11-20-19(17)23(18)14-15-7-3-2-4-8-15/h2-5,7-8,10-11,16H,6,9,12-14H2,1H3. The Balaban J connectivity index is 1.72. The number of aromatic nitrogens is 3. The van der Waals surface area contributed by atoms with Gasteiger partial charge in [-0.2, -0.15) is 0 Å². The van der Waals surface area contributed by atoms with Crippen LogP contribution >= 0.6 is 0 Å². The predicted molar refractivity (Wildman–Crippen MR) is 92.4 cm³/mol. The van der Waals surface area contributed by atoms with Gasteiger partial charge in [0.15, 0.2) is 5.65 Å². The van der Waals surface area contributed by atoms with Crippen molar-refractivity contribution in [2.45, 2.75) is 31.8 Å². The van der Waals surface area contributed by atoms with E-state index in [1.807, 2.05) is 12.3 Å². The van der Waals surface area contributed by atoms with Gasteiger partial charge < -0.3 is 9.47 Å². The SMILES string of the molecule is CN1CCCC1Cc1nc2cccnc2n1Cc1ccccc1. The van der Waals surface area contributed by atoms with E-state index in [0.29, 0.717) is 6.04 Å². The van der Waals surface area contributed by atoms with Gasteiger partial charge in [0.1, 0.15) is 11.3 Å². The molecule has 0 radical (unpaired) electrons. The normalized spacial score (nSPS) is 18.7. The molecular weight excluding hydrogens is 284 g/mol. The van der Waals surface area contributed by atoms with E-state index in [4.69, 9.17) is 4.98 Å². The second-order valence-electron chi connectivity index (χ2n) is 6.43. The molecule has 0 saturated carbocycles. The molecule has 3 heterocycles. The fourth-order valence-electron chi connectivity index (χ4n) is 3.54. The van der Waals surface area contributed by atoms with Crippen LogP contribution in [0.1, 0.15) is 24.2 Å². The highest BCUT2D eigenvalue weighted by molar-refractivity contribution is 5.71. The first-order valence-electron chi connectivity index (χ1n) is 8.35. The molecule has 1 aliphatic rings. The summed E-state index contributed by atoms with van der Waals surface area (Å²) < 4.78 is 2.29. The first kappa shape index (κ1) is 14.4. The van der Waals surface area contributed by atoms with Crippen LogP contribution < -0.4 is 0 Å². The minimum Gasteiger partial charge on any atom is -0.308 e. The molecule has 1 unspecified atom stereocenters. The smallest absolute Gasteiger partial charge is 0.160 e. The van der Waals surface area contributed by atoms with E-state index < -0.39 is 0 Å². The van der Waals surface area contributed by atoms with Gasteiger partial charge in [-0.05, 0) is 44.1 Å². The van der Waals surface area contributed by atoms with Gasteiger partial charge in [-0.1, -0.05) is 30.3 Å². The van der Waals surface area contributed by atoms with E-state index in [9.17, 15) is 0 Å². The number of likely N-dealkylation sites (N-methyl/N-ethyl adjacent to an activating group) is 1. The Bertz CT molecular complexity index is 793. The van der Waals surface area contributed by atoms with E-state index in [1.165, 1.54) is 24.9 Å². The Kier molecular flexibility index (Phi) is 3.83. The predicted octanol–water partition coefficient (Wildman–Crippen LogP) is 3.12. The largest absolute Gasteiger partial charge is 0.308 e. The summed E-state index contributed by atoms with van der Waals surface area (Å²) in [6.45, 7) is 2.03. The molecule has 0 bridgehead atoms. The number of hydrogen-bond acceptors (Lipinski definition) is 3. The van der Waals surface area contributed by atoms with Crippen molar-refractivity contribution in [2.24, 2.45) is 0 Å². The minimum absolute atomic E-state index is 0.598. The van der Waals surface area contributed by atoms with Gasteiger partial charge in [-0.3, -0.25) is 0 Å². The van der Waals surface area contributed by atoms with Crippen molar-refractivity contribution >= 4 is 11.2 Å². The average molecular weight is 306 g/mol. The van der Waals surface area contributed by atoms with Crippen molar-refractivity contribution in [3.8, 4) is 0 Å². The van der Waals surface area contributed by atoms with E-state index >= 15 is 0 Å². The Labute approximate surface area is 136 Å². The molecule has 23 heavy (non-hydrogen) atoms. The maximum Gasteiger partial charge on any atom is 0.160 e. The lowest BCUT2D eigenvalue weighted by Crippen LogP contribution is -2.28. The molecule has 0 spiro atoms. The second kappa shape index (κ2) is 6.13. The summed E-state index contributed by atoms with van der Waals surface area (Å²) in [6, 6.07) is 15.2. The van der Waals surface area contributed by atoms with Crippen LogP contribution in [-0.2, 0) is 13.0 Å². The third-order valence-electron chi connectivity index (χ3n) is 4.86. The van der Waals surface area contributed by atoms with Crippen molar-refractivity contribution in [2.75, 3.05) is 13.6 Å². The molecule has 0 aliphatic carbocycles. The lowest BCUT2D eigenvalue weighted by atomic mass is 10.1. The molecule has 4 heteroatoms. The van der Waals surface area contributed by atoms with E-state index in [1.54, 1.807) is 0 Å². The second-order valence-corrected chi connectivity index (χ2v) is 6.43. The lowest BCUT2D eigenvalue weighted by molar-refractivity contribution is 0.304. The van der Waals surface area contributed by atoms with Crippen LogP contribution in [0.25, 0.3) is 11.2 Å². The molecule has 1 aliphatic heterocycles. The Hall–Kier alpha value is -2.20. The van der Waals surface area contributed by atoms with Crippen molar-refractivity contribution in [3.63, 3.8) is 0 Å². The number of pyridine rings is 1. The molecule has 0 N–H and O–H groups in total. The Morgan fingerprint density at radius 3 is 2.78 bits per heavy atom. The van der Waals surface area contributed by atoms with Gasteiger partial charge in [0.2, 0.25) is 0 Å². The van der Waals surface area contributed by atoms with Crippen LogP contribution in [0.15, 0.2) is 48.7 Å². The maximum absolute atomic E-state index is 4.88. The molecule has 4 nitrogen and oxygen atoms in total. The molecule has 3 aromatic rings. The molecule has 2 aromatic heterocycles. The molecule has 118 valence electrons. The van der Waals surface area contributed by atoms with Crippen molar-refractivity contribution in [1.29, 1.82) is 0 Å². The van der Waals surface area contributed by atoms with Crippen molar-refractivity contribution in [1.82, 2.24) is 19.4 Å². The number of imidazole rings is 1. The highest BCUT2D eigenvalue weighted by Gasteiger charge is 2.24. The summed E-state index contributed by atoms with van der Waals surface area (Å²) in [7, 11) is 2.22. The van der Waals surface area contributed by atoms with Gasteiger partial charge in [0.25, 0.3) is 0 Å². The minimum atomic E-state index is 0.598. The van der Waals surface area contributed by atoms with Crippen LogP contribution in [0.2, 0.25) is 0 Å². The molecule has 1 saturated heterocycles. The van der Waals surface area contributed by atoms with Crippen LogP contribution in [0.3, 0.4) is 0 Å². The van der Waals surface area contributed by atoms with Gasteiger partial charge in [0, 0.05) is 18.7 Å². The number of nitrogens with zero attached hydrogens (tertiary/aromatic N) is 4. The highest BCUT2D eigenvalue weighted by atomic mass is 15.2. The van der Waals surface area contributed by atoms with Gasteiger partial charge in [-0.15, -0.1) is 0 Å². The monoisotopic (exact) mass is 306 g/mol. The number of hydrogen-bond donors (Lipinski definition) is 0. The van der Waals surface area contributed by atoms with Crippen LogP contribution in [0.5, 0.6) is 0 Å². The molecule has 0 amide bonds. The zero-order valence-electron chi connectivity index (χ0n) is 13.5. The third-order valence-corrected chi connectivity index (χ3v) is 4.86. The first-order chi connectivity index (χ1) is 11.3. The summed E-state index contributed by atoms with van der Waals surface area (Å²) in [6.07, 6.45) is 5.41. The van der Waals surface area contributed by atoms with Crippen LogP contribution in [-0.4, -0.2) is 39.1 Å². The average Bonchev–Trinajstić information content (AvgIpc) is 3.13. The van der Waals surface area contributed by atoms with Crippen LogP contribution in [0, 0.1) is 0 Å². The Morgan fingerprint density at radius 2 is 2.00 bits per heavy atom. The molecule has 4 rings (SSSR count). The number of rotatable bonds is 4.